The fourth-order valence-corrected chi connectivity index (χ4v) is 2.21. The maximum absolute atomic E-state index is 10.8. The Hall–Kier alpha value is -1.53. The maximum atomic E-state index is 10.8. The first-order valence-electron chi connectivity index (χ1n) is 5.21. The Balaban J connectivity index is 2.20. The molecule has 0 fully saturated rings. The molecule has 0 aromatic heterocycles. The molecule has 0 unspecified atom stereocenters. The second kappa shape index (κ2) is 5.70. The van der Waals surface area contributed by atoms with E-state index in [9.17, 15) is 8.42 Å². The maximum Gasteiger partial charge on any atom is 0.202 e. The highest BCUT2D eigenvalue weighted by Gasteiger charge is 2.22. The van der Waals surface area contributed by atoms with E-state index >= 15 is 0 Å². The molecule has 5 nitrogen and oxygen atoms in total. The van der Waals surface area contributed by atoms with Crippen LogP contribution in [0.15, 0.2) is 48.3 Å². The van der Waals surface area contributed by atoms with E-state index in [4.69, 9.17) is 9.47 Å². The van der Waals surface area contributed by atoms with Gasteiger partial charge in [-0.3, -0.25) is 0 Å². The molecule has 2 aliphatic rings. The molecule has 6 heteroatoms. The summed E-state index contributed by atoms with van der Waals surface area (Å²) in [7, 11) is -2.70. The van der Waals surface area contributed by atoms with E-state index in [1.54, 1.807) is 0 Å². The molecule has 0 saturated carbocycles. The summed E-state index contributed by atoms with van der Waals surface area (Å²) < 4.78 is 34.4. The molecule has 1 heterocycles. The van der Waals surface area contributed by atoms with Gasteiger partial charge in [-0.15, -0.1) is 0 Å². The number of hydrogen-bond donors (Lipinski definition) is 2. The van der Waals surface area contributed by atoms with Gasteiger partial charge in [0, 0.05) is 0 Å². The summed E-state index contributed by atoms with van der Waals surface area (Å²) in [5.74, 6) is 0.438. The van der Waals surface area contributed by atoms with E-state index in [1.807, 2.05) is 18.2 Å². The zero-order valence-electron chi connectivity index (χ0n) is 9.04. The van der Waals surface area contributed by atoms with Crippen LogP contribution in [0.25, 0.3) is 0 Å². The minimum Gasteiger partial charge on any atom is -0.466 e. The summed E-state index contributed by atoms with van der Waals surface area (Å²) in [6.07, 6.45) is 11.7. The molecule has 0 radical (unpaired) electrons. The fraction of sp³-hybridized carbons (Fsp3) is 0.273. The molecule has 1 atom stereocenters. The van der Waals surface area contributed by atoms with Crippen LogP contribution in [0.2, 0.25) is 0 Å². The average Bonchev–Trinajstić information content (AvgIpc) is 2.38. The predicted octanol–water partition coefficient (Wildman–Crippen LogP) is 1.11. The number of hydrogen-bond acceptors (Lipinski definition) is 4. The number of thiol groups is 1. The van der Waals surface area contributed by atoms with E-state index in [-0.39, 0.29) is 0 Å². The quantitative estimate of drug-likeness (QED) is 0.739. The highest BCUT2D eigenvalue weighted by molar-refractivity contribution is 7.70. The van der Waals surface area contributed by atoms with Crippen LogP contribution in [0.4, 0.5) is 0 Å². The van der Waals surface area contributed by atoms with Gasteiger partial charge in [-0.2, -0.15) is 0 Å². The molecule has 0 spiro atoms. The Bertz CT molecular complexity index is 466. The van der Waals surface area contributed by atoms with Gasteiger partial charge in [0.05, 0.1) is 0 Å². The van der Waals surface area contributed by atoms with Gasteiger partial charge in [0.25, 0.3) is 0 Å². The SMILES string of the molecule is O=[SH](=O)N[C@@H](C1=CC=CCC1)C1=COC=CO1. The van der Waals surface area contributed by atoms with Gasteiger partial charge in [-0.1, -0.05) is 18.2 Å². The van der Waals surface area contributed by atoms with Crippen molar-refractivity contribution in [1.82, 2.24) is 4.72 Å². The summed E-state index contributed by atoms with van der Waals surface area (Å²) in [6.45, 7) is 0. The monoisotopic (exact) mass is 255 g/mol. The van der Waals surface area contributed by atoms with Crippen LogP contribution in [-0.2, 0) is 20.4 Å². The van der Waals surface area contributed by atoms with Gasteiger partial charge < -0.3 is 9.47 Å². The van der Waals surface area contributed by atoms with Gasteiger partial charge in [0.15, 0.2) is 5.76 Å². The normalized spacial score (nSPS) is 20.3. The summed E-state index contributed by atoms with van der Waals surface area (Å²) in [4.78, 5) is 0. The van der Waals surface area contributed by atoms with Crippen molar-refractivity contribution in [2.75, 3.05) is 0 Å². The first kappa shape index (κ1) is 11.9. The van der Waals surface area contributed by atoms with Crippen molar-refractivity contribution in [3.05, 3.63) is 48.3 Å². The molecule has 17 heavy (non-hydrogen) atoms. The first-order chi connectivity index (χ1) is 8.27. The van der Waals surface area contributed by atoms with Crippen molar-refractivity contribution >= 4 is 10.9 Å². The van der Waals surface area contributed by atoms with Crippen LogP contribution in [0.5, 0.6) is 0 Å². The standard InChI is InChI=1S/C11H13NO4S/c13-17(14)12-11(9-4-2-1-3-5-9)10-8-15-6-7-16-10/h1-2,4,6-8,11,17H,3,5H2,(H,12,13,14)/t11-/m0/s1. The van der Waals surface area contributed by atoms with Crippen molar-refractivity contribution in [1.29, 1.82) is 0 Å². The largest absolute Gasteiger partial charge is 0.466 e. The van der Waals surface area contributed by atoms with Gasteiger partial charge in [0.2, 0.25) is 10.9 Å². The van der Waals surface area contributed by atoms with Crippen LogP contribution in [0.1, 0.15) is 12.8 Å². The lowest BCUT2D eigenvalue weighted by Crippen LogP contribution is -2.33. The number of allylic oxidation sites excluding steroid dienone is 3. The molecule has 0 aromatic rings. The fourth-order valence-electron chi connectivity index (χ4n) is 1.71. The van der Waals surface area contributed by atoms with Crippen molar-refractivity contribution in [2.45, 2.75) is 18.9 Å². The van der Waals surface area contributed by atoms with E-state index in [2.05, 4.69) is 4.72 Å². The number of nitrogens with one attached hydrogen (secondary N) is 1. The molecule has 0 amide bonds. The summed E-state index contributed by atoms with van der Waals surface area (Å²) >= 11 is 0. The Morgan fingerprint density at radius 3 is 2.82 bits per heavy atom. The van der Waals surface area contributed by atoms with Crippen LogP contribution < -0.4 is 4.72 Å². The van der Waals surface area contributed by atoms with Gasteiger partial charge in [-0.05, 0) is 18.4 Å². The Morgan fingerprint density at radius 1 is 1.35 bits per heavy atom. The molecular formula is C11H13NO4S. The number of rotatable bonds is 4. The second-order valence-electron chi connectivity index (χ2n) is 3.57. The third kappa shape index (κ3) is 3.21. The third-order valence-electron chi connectivity index (χ3n) is 2.46. The molecular weight excluding hydrogens is 242 g/mol. The first-order valence-corrected chi connectivity index (χ1v) is 6.38. The van der Waals surface area contributed by atoms with E-state index < -0.39 is 16.9 Å². The highest BCUT2D eigenvalue weighted by atomic mass is 32.2. The molecule has 2 rings (SSSR count). The zero-order chi connectivity index (χ0) is 12.1. The molecule has 1 N–H and O–H groups in total. The molecule has 1 aliphatic heterocycles. The predicted molar refractivity (Wildman–Crippen MR) is 63.1 cm³/mol. The Morgan fingerprint density at radius 2 is 2.24 bits per heavy atom. The summed E-state index contributed by atoms with van der Waals surface area (Å²) in [6, 6.07) is -0.494. The average molecular weight is 255 g/mol. The van der Waals surface area contributed by atoms with Gasteiger partial charge in [0.1, 0.15) is 24.8 Å². The molecule has 92 valence electrons. The topological polar surface area (TPSA) is 64.6 Å². The van der Waals surface area contributed by atoms with E-state index in [0.717, 1.165) is 18.4 Å². The summed E-state index contributed by atoms with van der Waals surface area (Å²) in [5, 5.41) is 0. The minimum absolute atomic E-state index is 0.438. The number of ether oxygens (including phenoxy) is 2. The minimum atomic E-state index is -2.70. The van der Waals surface area contributed by atoms with Crippen LogP contribution in [-0.4, -0.2) is 14.5 Å². The zero-order valence-corrected chi connectivity index (χ0v) is 9.93. The van der Waals surface area contributed by atoms with Gasteiger partial charge in [-0.25, -0.2) is 13.1 Å². The Labute approximate surface area is 101 Å². The van der Waals surface area contributed by atoms with Crippen LogP contribution >= 0.6 is 0 Å². The molecule has 1 aliphatic carbocycles. The van der Waals surface area contributed by atoms with Crippen LogP contribution in [0, 0.1) is 0 Å². The lowest BCUT2D eigenvalue weighted by molar-refractivity contribution is 0.239. The lowest BCUT2D eigenvalue weighted by atomic mass is 9.97. The Kier molecular flexibility index (Phi) is 4.00. The van der Waals surface area contributed by atoms with E-state index in [1.165, 1.54) is 18.8 Å². The van der Waals surface area contributed by atoms with Crippen molar-refractivity contribution in [2.24, 2.45) is 0 Å². The molecule has 0 bridgehead atoms. The third-order valence-corrected chi connectivity index (χ3v) is 2.93. The molecule has 0 aromatic carbocycles. The second-order valence-corrected chi connectivity index (χ2v) is 4.35. The highest BCUT2D eigenvalue weighted by Crippen LogP contribution is 2.23. The smallest absolute Gasteiger partial charge is 0.202 e. The van der Waals surface area contributed by atoms with Crippen molar-refractivity contribution in [3.63, 3.8) is 0 Å². The van der Waals surface area contributed by atoms with Crippen LogP contribution in [0.3, 0.4) is 0 Å². The van der Waals surface area contributed by atoms with E-state index in [0.29, 0.717) is 5.76 Å². The summed E-state index contributed by atoms with van der Waals surface area (Å²) in [5.41, 5.74) is 0.955. The lowest BCUT2D eigenvalue weighted by Gasteiger charge is -2.23. The van der Waals surface area contributed by atoms with Crippen molar-refractivity contribution in [3.8, 4) is 0 Å². The van der Waals surface area contributed by atoms with Crippen molar-refractivity contribution < 1.29 is 17.9 Å². The molecule has 0 saturated heterocycles. The van der Waals surface area contributed by atoms with Gasteiger partial charge >= 0.3 is 0 Å².